The Labute approximate surface area is 582 Å². The van der Waals surface area contributed by atoms with Gasteiger partial charge in [-0.3, -0.25) is 43.2 Å². The zero-order valence-corrected chi connectivity index (χ0v) is 59.6. The molecule has 13 N–H and O–H groups in total. The van der Waals surface area contributed by atoms with Gasteiger partial charge in [-0.25, -0.2) is 0 Å². The standard InChI is InChI=1S/C74H106N14O9S/c1-46(76-8)65(90)85-63(73(3,4)5)71(96)88-44-55(42-61(88)70(95)84-59-27-17-23-49-21-11-13-25-57(49)59)82-68(93)51-30-28-50(29-31-51)67(92)81-54-33-32-52-41-60(69(94)83-58-26-16-22-48-20-10-12-24-56(48)58)87(43-53(52)40-54)72(97)64(86-66(91)47(2)77-9)74(6,7)98-45-62(89)80-39-19-38-79-36-15-14-35-78-37-18-34-75/h10-13,20-21,24-25,28-33,40,46-47,55,58-61,63-64,76-79H,14-19,22-23,26-27,34-39,41-45,75H2,1-9H3,(H,80,89)(H,81,92)(H,82,93)(H,83,94)(H,84,95)(H,85,90)(H,86,91)/t46-,47-,55-,58+,59+,60-,61-,63+,64+/m0/s1. The summed E-state index contributed by atoms with van der Waals surface area (Å²) in [5.41, 5.74) is 11.6. The van der Waals surface area contributed by atoms with Crippen LogP contribution in [0.5, 0.6) is 0 Å². The molecule has 0 unspecified atom stereocenters. The highest BCUT2D eigenvalue weighted by Gasteiger charge is 2.48. The zero-order valence-electron chi connectivity index (χ0n) is 58.8. The molecule has 1 fully saturated rings. The fourth-order valence-corrected chi connectivity index (χ4v) is 14.2. The van der Waals surface area contributed by atoms with Crippen LogP contribution in [0.2, 0.25) is 0 Å². The molecule has 1 saturated heterocycles. The van der Waals surface area contributed by atoms with Crippen LogP contribution in [0, 0.1) is 5.41 Å². The summed E-state index contributed by atoms with van der Waals surface area (Å²) < 4.78 is -1.07. The van der Waals surface area contributed by atoms with Crippen molar-refractivity contribution in [1.29, 1.82) is 0 Å². The van der Waals surface area contributed by atoms with Gasteiger partial charge >= 0.3 is 0 Å². The molecule has 9 atom stereocenters. The van der Waals surface area contributed by atoms with Crippen molar-refractivity contribution in [3.05, 3.63) is 136 Å². The van der Waals surface area contributed by atoms with E-state index in [4.69, 9.17) is 5.73 Å². The minimum Gasteiger partial charge on any atom is -0.355 e. The lowest BCUT2D eigenvalue weighted by Gasteiger charge is -2.42. The number of unbranched alkanes of at least 4 members (excludes halogenated alkanes) is 1. The molecule has 0 spiro atoms. The Kier molecular flexibility index (Phi) is 27.8. The fourth-order valence-electron chi connectivity index (χ4n) is 13.3. The van der Waals surface area contributed by atoms with E-state index in [1.165, 1.54) is 45.8 Å². The summed E-state index contributed by atoms with van der Waals surface area (Å²) in [6.45, 7) is 17.2. The molecule has 2 heterocycles. The number of likely N-dealkylation sites (tertiary alicyclic amines) is 1. The Morgan fingerprint density at radius 3 is 1.68 bits per heavy atom. The Hall–Kier alpha value is -7.74. The number of hydrogen-bond donors (Lipinski definition) is 12. The first-order chi connectivity index (χ1) is 46.9. The molecule has 2 aliphatic heterocycles. The lowest BCUT2D eigenvalue weighted by Crippen LogP contribution is -2.63. The molecule has 9 amide bonds. The van der Waals surface area contributed by atoms with E-state index in [9.17, 15) is 38.4 Å². The summed E-state index contributed by atoms with van der Waals surface area (Å²) in [5.74, 6) is -3.62. The largest absolute Gasteiger partial charge is 0.355 e. The van der Waals surface area contributed by atoms with Crippen molar-refractivity contribution in [2.45, 2.75) is 191 Å². The van der Waals surface area contributed by atoms with E-state index in [1.54, 1.807) is 40.1 Å². The van der Waals surface area contributed by atoms with Crippen molar-refractivity contribution >= 4 is 70.6 Å². The third kappa shape index (κ3) is 20.5. The maximum Gasteiger partial charge on any atom is 0.255 e. The predicted molar refractivity (Wildman–Crippen MR) is 384 cm³/mol. The molecule has 4 aromatic carbocycles. The predicted octanol–water partition coefficient (Wildman–Crippen LogP) is 4.84. The molecule has 23 nitrogen and oxygen atoms in total. The lowest BCUT2D eigenvalue weighted by molar-refractivity contribution is -0.145. The molecule has 24 heteroatoms. The second kappa shape index (κ2) is 35.9. The van der Waals surface area contributed by atoms with Crippen molar-refractivity contribution in [2.75, 3.05) is 71.0 Å². The molecule has 0 bridgehead atoms. The van der Waals surface area contributed by atoms with Gasteiger partial charge in [-0.05, 0) is 220 Å². The van der Waals surface area contributed by atoms with Gasteiger partial charge in [0.15, 0.2) is 0 Å². The molecule has 98 heavy (non-hydrogen) atoms. The minimum atomic E-state index is -1.20. The van der Waals surface area contributed by atoms with E-state index in [0.29, 0.717) is 24.3 Å². The van der Waals surface area contributed by atoms with E-state index >= 15 is 4.79 Å². The number of nitrogens with two attached hydrogens (primary N) is 1. The number of benzene rings is 4. The number of aryl methyl sites for hydroxylation is 2. The Bertz CT molecular complexity index is 3430. The van der Waals surface area contributed by atoms with E-state index in [2.05, 4.69) is 70.6 Å². The van der Waals surface area contributed by atoms with Crippen LogP contribution in [0.3, 0.4) is 0 Å². The Morgan fingerprint density at radius 1 is 0.582 bits per heavy atom. The van der Waals surface area contributed by atoms with Gasteiger partial charge in [0.1, 0.15) is 24.2 Å². The number of anilines is 1. The van der Waals surface area contributed by atoms with Gasteiger partial charge < -0.3 is 74.0 Å². The number of fused-ring (bicyclic) bond motifs is 3. The number of carbonyl (C=O) groups excluding carboxylic acids is 9. The van der Waals surface area contributed by atoms with Crippen LogP contribution in [0.15, 0.2) is 91.0 Å². The second-order valence-electron chi connectivity index (χ2n) is 28.1. The summed E-state index contributed by atoms with van der Waals surface area (Å²) >= 11 is 1.24. The Balaban J connectivity index is 0.958. The van der Waals surface area contributed by atoms with Gasteiger partial charge in [-0.2, -0.15) is 0 Å². The highest BCUT2D eigenvalue weighted by molar-refractivity contribution is 8.01. The number of amides is 9. The third-order valence-corrected chi connectivity index (χ3v) is 20.8. The van der Waals surface area contributed by atoms with Crippen LogP contribution in [-0.2, 0) is 59.4 Å². The van der Waals surface area contributed by atoms with Gasteiger partial charge in [0.2, 0.25) is 41.4 Å². The summed E-state index contributed by atoms with van der Waals surface area (Å²) in [4.78, 5) is 132. The second-order valence-corrected chi connectivity index (χ2v) is 29.8. The maximum absolute atomic E-state index is 15.6. The molecule has 2 aliphatic carbocycles. The fraction of sp³-hybridized carbons (Fsp3) is 0.554. The van der Waals surface area contributed by atoms with E-state index in [1.807, 2.05) is 77.1 Å². The number of hydrogen-bond acceptors (Lipinski definition) is 15. The molecule has 0 aromatic heterocycles. The van der Waals surface area contributed by atoms with Crippen molar-refractivity contribution in [3.8, 4) is 0 Å². The van der Waals surface area contributed by atoms with Gasteiger partial charge in [0.25, 0.3) is 11.8 Å². The summed E-state index contributed by atoms with van der Waals surface area (Å²) in [6.07, 6.45) is 9.03. The third-order valence-electron chi connectivity index (χ3n) is 19.4. The van der Waals surface area contributed by atoms with Crippen molar-refractivity contribution in [1.82, 2.24) is 63.0 Å². The smallest absolute Gasteiger partial charge is 0.255 e. The van der Waals surface area contributed by atoms with E-state index in [0.717, 1.165) is 118 Å². The topological polar surface area (TPSA) is 318 Å². The molecule has 4 aliphatic rings. The average molecular weight is 1370 g/mol. The van der Waals surface area contributed by atoms with Gasteiger partial charge in [0.05, 0.1) is 29.9 Å². The van der Waals surface area contributed by atoms with Gasteiger partial charge in [-0.15, -0.1) is 11.8 Å². The maximum atomic E-state index is 15.6. The Morgan fingerprint density at radius 2 is 1.11 bits per heavy atom. The van der Waals surface area contributed by atoms with Crippen LogP contribution >= 0.6 is 11.8 Å². The summed E-state index contributed by atoms with van der Waals surface area (Å²) in [6, 6.07) is 20.9. The van der Waals surface area contributed by atoms with E-state index in [-0.39, 0.29) is 78.5 Å². The highest BCUT2D eigenvalue weighted by atomic mass is 32.2. The molecular weight excluding hydrogens is 1260 g/mol. The molecule has 532 valence electrons. The first-order valence-electron chi connectivity index (χ1n) is 35.1. The van der Waals surface area contributed by atoms with Crippen LogP contribution in [0.25, 0.3) is 0 Å². The minimum absolute atomic E-state index is 0.00407. The zero-order chi connectivity index (χ0) is 70.7. The first kappa shape index (κ1) is 76.0. The average Bonchev–Trinajstić information content (AvgIpc) is 0.971. The number of nitrogens with zero attached hydrogens (tertiary/aromatic N) is 2. The number of likely N-dealkylation sites (N-methyl/N-ethyl adjacent to an activating group) is 2. The molecule has 8 rings (SSSR count). The van der Waals surface area contributed by atoms with Crippen LogP contribution in [0.4, 0.5) is 5.69 Å². The molecule has 4 aromatic rings. The lowest BCUT2D eigenvalue weighted by atomic mass is 9.85. The van der Waals surface area contributed by atoms with Crippen LogP contribution < -0.4 is 64.2 Å². The number of rotatable bonds is 32. The van der Waals surface area contributed by atoms with Crippen molar-refractivity contribution in [2.24, 2.45) is 11.1 Å². The SMILES string of the molecule is CN[C@@H](C)C(=O)N[C@H](C(=O)N1C[C@@H](NC(=O)c2ccc(C(=O)Nc3ccc4c(c3)CN(C(=O)[C@@H](NC(=O)[C@H](C)NC)C(C)(C)SCC(=O)NCCCNCCCCNCCCN)[C@H](C(=O)N[C@@H]3CCCc5ccccc53)C4)cc2)C[C@H]1C(=O)N[C@@H]1CCCc2ccccc21)C(C)(C)C. The number of nitrogens with one attached hydrogen (secondary N) is 11. The quantitative estimate of drug-likeness (QED) is 0.0291. The first-order valence-corrected chi connectivity index (χ1v) is 36.1. The number of thioether (sulfide) groups is 1. The molecule has 0 radical (unpaired) electrons. The molecule has 0 saturated carbocycles. The van der Waals surface area contributed by atoms with Gasteiger partial charge in [-0.1, -0.05) is 75.4 Å². The van der Waals surface area contributed by atoms with Crippen LogP contribution in [0.1, 0.15) is 172 Å². The summed E-state index contributed by atoms with van der Waals surface area (Å²) in [7, 11) is 3.30. The highest BCUT2D eigenvalue weighted by Crippen LogP contribution is 2.36. The molecular formula is C74H106N14O9S. The monoisotopic (exact) mass is 1370 g/mol. The van der Waals surface area contributed by atoms with Crippen molar-refractivity contribution < 1.29 is 43.2 Å². The van der Waals surface area contributed by atoms with Gasteiger partial charge in [0, 0.05) is 53.7 Å². The van der Waals surface area contributed by atoms with Crippen molar-refractivity contribution in [3.63, 3.8) is 0 Å². The summed E-state index contributed by atoms with van der Waals surface area (Å²) in [5, 5.41) is 34.2. The van der Waals surface area contributed by atoms with E-state index < -0.39 is 82.0 Å². The normalized spacial score (nSPS) is 19.4. The number of carbonyl (C=O) groups is 9. The van der Waals surface area contributed by atoms with Crippen LogP contribution in [-0.4, -0.2) is 176 Å².